The smallest absolute Gasteiger partial charge is 0.330 e. The van der Waals surface area contributed by atoms with Crippen LogP contribution in [0, 0.1) is 19.7 Å². The molecule has 0 saturated heterocycles. The Morgan fingerprint density at radius 2 is 1.93 bits per heavy atom. The number of ether oxygens (including phenoxy) is 1. The van der Waals surface area contributed by atoms with E-state index in [-0.39, 0.29) is 16.1 Å². The molecule has 2 aromatic carbocycles. The molecule has 0 N–H and O–H groups in total. The Bertz CT molecular complexity index is 1120. The molecule has 9 heteroatoms. The number of halogens is 2. The molecule has 6 nitrogen and oxygen atoms in total. The number of carbonyl (C=O) groups is 1. The number of aryl methyl sites for hydroxylation is 1. The number of hydrogen-bond acceptors (Lipinski definition) is 5. The van der Waals surface area contributed by atoms with E-state index in [1.165, 1.54) is 24.3 Å². The molecule has 1 unspecified atom stereocenters. The van der Waals surface area contributed by atoms with E-state index in [0.717, 1.165) is 23.3 Å². The van der Waals surface area contributed by atoms with E-state index in [1.807, 2.05) is 6.92 Å². The van der Waals surface area contributed by atoms with Crippen molar-refractivity contribution in [2.24, 2.45) is 4.99 Å². The summed E-state index contributed by atoms with van der Waals surface area (Å²) in [6.07, 6.45) is 1.05. The number of nitrogens with zero attached hydrogens (tertiary/aromatic N) is 2. The first-order valence-corrected chi connectivity index (χ1v) is 10.6. The molecule has 1 aliphatic rings. The molecule has 1 aliphatic heterocycles. The Morgan fingerprint density at radius 3 is 2.59 bits per heavy atom. The fraction of sp³-hybridized carbons (Fsp3) is 0.300. The summed E-state index contributed by atoms with van der Waals surface area (Å²) in [4.78, 5) is 16.7. The van der Waals surface area contributed by atoms with Gasteiger partial charge in [-0.25, -0.2) is 26.9 Å². The van der Waals surface area contributed by atoms with Crippen LogP contribution in [0.2, 0.25) is 5.02 Å². The standard InChI is InChI=1S/C20H20ClFN2O4S/c1-11-5-7-15(22)18(12(11)2)13(3)19(20(25)28-4)24-10-23-16-9-14(21)6-8-17(16)29(24,26)27/h5-10,13,19H,1-4H3/t13?,19-/m0/s1. The Labute approximate surface area is 174 Å². The Balaban J connectivity index is 2.16. The lowest BCUT2D eigenvalue weighted by atomic mass is 9.87. The van der Waals surface area contributed by atoms with Crippen LogP contribution in [-0.4, -0.2) is 38.2 Å². The van der Waals surface area contributed by atoms with Crippen LogP contribution in [0.3, 0.4) is 0 Å². The van der Waals surface area contributed by atoms with Crippen LogP contribution >= 0.6 is 11.6 Å². The molecule has 0 bridgehead atoms. The highest BCUT2D eigenvalue weighted by molar-refractivity contribution is 7.89. The van der Waals surface area contributed by atoms with Gasteiger partial charge in [-0.15, -0.1) is 0 Å². The van der Waals surface area contributed by atoms with Crippen LogP contribution in [0.15, 0.2) is 40.2 Å². The topological polar surface area (TPSA) is 76.0 Å². The predicted molar refractivity (Wildman–Crippen MR) is 109 cm³/mol. The number of aliphatic imine (C=N–C) groups is 1. The molecule has 0 amide bonds. The molecule has 2 aromatic rings. The fourth-order valence-electron chi connectivity index (χ4n) is 3.50. The minimum absolute atomic E-state index is 0.0908. The van der Waals surface area contributed by atoms with Crippen LogP contribution in [0.25, 0.3) is 0 Å². The van der Waals surface area contributed by atoms with Gasteiger partial charge in [0.1, 0.15) is 17.1 Å². The molecule has 0 radical (unpaired) electrons. The van der Waals surface area contributed by atoms with Gasteiger partial charge in [-0.3, -0.25) is 0 Å². The maximum absolute atomic E-state index is 14.7. The van der Waals surface area contributed by atoms with Gasteiger partial charge in [0.15, 0.2) is 6.04 Å². The minimum atomic E-state index is -4.14. The van der Waals surface area contributed by atoms with E-state index in [0.29, 0.717) is 10.6 Å². The van der Waals surface area contributed by atoms with Crippen LogP contribution in [-0.2, 0) is 19.6 Å². The van der Waals surface area contributed by atoms with Crippen molar-refractivity contribution in [2.75, 3.05) is 7.11 Å². The largest absolute Gasteiger partial charge is 0.467 e. The van der Waals surface area contributed by atoms with Crippen molar-refractivity contribution in [3.05, 3.63) is 57.9 Å². The third-order valence-electron chi connectivity index (χ3n) is 5.17. The SMILES string of the molecule is COC(=O)[C@H](C(C)c1c(F)ccc(C)c1C)N1C=Nc2cc(Cl)ccc2S1(=O)=O. The molecule has 0 aliphatic carbocycles. The average molecular weight is 439 g/mol. The van der Waals surface area contributed by atoms with E-state index < -0.39 is 33.8 Å². The number of sulfonamides is 1. The van der Waals surface area contributed by atoms with E-state index in [4.69, 9.17) is 16.3 Å². The molecule has 2 atom stereocenters. The van der Waals surface area contributed by atoms with E-state index >= 15 is 0 Å². The van der Waals surface area contributed by atoms with E-state index in [2.05, 4.69) is 4.99 Å². The number of carbonyl (C=O) groups excluding carboxylic acids is 1. The van der Waals surface area contributed by atoms with Crippen LogP contribution < -0.4 is 0 Å². The van der Waals surface area contributed by atoms with Crippen LogP contribution in [0.4, 0.5) is 10.1 Å². The Morgan fingerprint density at radius 1 is 1.24 bits per heavy atom. The highest BCUT2D eigenvalue weighted by Gasteiger charge is 2.42. The fourth-order valence-corrected chi connectivity index (χ4v) is 5.24. The normalized spacial score (nSPS) is 16.8. The molecule has 3 rings (SSSR count). The summed E-state index contributed by atoms with van der Waals surface area (Å²) in [6, 6.07) is 5.77. The lowest BCUT2D eigenvalue weighted by Gasteiger charge is -2.34. The second-order valence-electron chi connectivity index (χ2n) is 6.85. The number of methoxy groups -OCH3 is 1. The van der Waals surface area contributed by atoms with Gasteiger partial charge in [0.25, 0.3) is 10.0 Å². The number of hydrogen-bond donors (Lipinski definition) is 0. The molecular formula is C20H20ClFN2O4S. The van der Waals surface area contributed by atoms with Gasteiger partial charge < -0.3 is 4.74 Å². The zero-order valence-corrected chi connectivity index (χ0v) is 17.9. The first kappa shape index (κ1) is 21.3. The molecule has 0 aromatic heterocycles. The summed E-state index contributed by atoms with van der Waals surface area (Å²) in [6.45, 7) is 5.14. The third kappa shape index (κ3) is 3.62. The lowest BCUT2D eigenvalue weighted by Crippen LogP contribution is -2.48. The van der Waals surface area contributed by atoms with Gasteiger partial charge in [0, 0.05) is 10.9 Å². The van der Waals surface area contributed by atoms with Gasteiger partial charge in [0.05, 0.1) is 12.8 Å². The van der Waals surface area contributed by atoms with Gasteiger partial charge in [-0.1, -0.05) is 24.6 Å². The van der Waals surface area contributed by atoms with E-state index in [1.54, 1.807) is 19.9 Å². The molecule has 154 valence electrons. The van der Waals surface area contributed by atoms with Crippen molar-refractivity contribution in [1.82, 2.24) is 4.31 Å². The third-order valence-corrected chi connectivity index (χ3v) is 7.18. The number of benzene rings is 2. The first-order valence-electron chi connectivity index (χ1n) is 8.80. The average Bonchev–Trinajstić information content (AvgIpc) is 2.66. The summed E-state index contributed by atoms with van der Waals surface area (Å²) >= 11 is 5.92. The zero-order chi connectivity index (χ0) is 21.5. The first-order chi connectivity index (χ1) is 13.6. The van der Waals surface area contributed by atoms with Gasteiger partial charge in [-0.05, 0) is 54.8 Å². The Kier molecular flexibility index (Phi) is 5.69. The highest BCUT2D eigenvalue weighted by atomic mass is 35.5. The second-order valence-corrected chi connectivity index (χ2v) is 9.10. The van der Waals surface area contributed by atoms with Crippen LogP contribution in [0.1, 0.15) is 29.5 Å². The summed E-state index contributed by atoms with van der Waals surface area (Å²) < 4.78 is 46.9. The maximum atomic E-state index is 14.7. The van der Waals surface area contributed by atoms with Gasteiger partial charge in [0.2, 0.25) is 0 Å². The van der Waals surface area contributed by atoms with Gasteiger partial charge >= 0.3 is 5.97 Å². The highest BCUT2D eigenvalue weighted by Crippen LogP contribution is 2.37. The summed E-state index contributed by atoms with van der Waals surface area (Å²) in [7, 11) is -2.98. The Hall–Kier alpha value is -2.45. The number of fused-ring (bicyclic) bond motifs is 1. The summed E-state index contributed by atoms with van der Waals surface area (Å²) in [5.41, 5.74) is 1.89. The van der Waals surface area contributed by atoms with Crippen molar-refractivity contribution in [3.8, 4) is 0 Å². The van der Waals surface area contributed by atoms with Crippen molar-refractivity contribution < 1.29 is 22.3 Å². The quantitative estimate of drug-likeness (QED) is 0.673. The van der Waals surface area contributed by atoms with Crippen molar-refractivity contribution in [2.45, 2.75) is 37.6 Å². The second kappa shape index (κ2) is 7.76. The van der Waals surface area contributed by atoms with Crippen molar-refractivity contribution in [3.63, 3.8) is 0 Å². The lowest BCUT2D eigenvalue weighted by molar-refractivity contribution is -0.144. The molecule has 1 heterocycles. The van der Waals surface area contributed by atoms with Gasteiger partial charge in [-0.2, -0.15) is 0 Å². The summed E-state index contributed by atoms with van der Waals surface area (Å²) in [5, 5.41) is 0.333. The molecule has 0 fully saturated rings. The molecule has 0 saturated carbocycles. The molecule has 0 spiro atoms. The number of rotatable bonds is 4. The molecular weight excluding hydrogens is 419 g/mol. The number of esters is 1. The molecule has 29 heavy (non-hydrogen) atoms. The maximum Gasteiger partial charge on any atom is 0.330 e. The zero-order valence-electron chi connectivity index (χ0n) is 16.3. The van der Waals surface area contributed by atoms with Crippen molar-refractivity contribution in [1.29, 1.82) is 0 Å². The summed E-state index contributed by atoms with van der Waals surface area (Å²) in [5.74, 6) is -2.17. The minimum Gasteiger partial charge on any atom is -0.467 e. The van der Waals surface area contributed by atoms with E-state index in [9.17, 15) is 17.6 Å². The van der Waals surface area contributed by atoms with Crippen LogP contribution in [0.5, 0.6) is 0 Å². The monoisotopic (exact) mass is 438 g/mol. The predicted octanol–water partition coefficient (Wildman–Crippen LogP) is 4.11. The van der Waals surface area contributed by atoms with Crippen molar-refractivity contribution >= 4 is 39.6 Å².